The first-order chi connectivity index (χ1) is 11.6. The standard InChI is InChI=1S/C15H11N3O5S/c1-22-10-7-8(4-5-16-10)12(19)13-11(9-3-2-6-23-9)17-14(24-13)18-15(20)21/h2-7H,1H3,(H,17,18)(H,20,21). The molecule has 0 spiro atoms. The van der Waals surface area contributed by atoms with Crippen LogP contribution in [-0.4, -0.2) is 34.1 Å². The molecule has 9 heteroatoms. The Balaban J connectivity index is 2.06. The molecule has 0 aliphatic heterocycles. The fourth-order valence-corrected chi connectivity index (χ4v) is 2.91. The largest absolute Gasteiger partial charge is 0.481 e. The number of aromatic nitrogens is 2. The predicted octanol–water partition coefficient (Wildman–Crippen LogP) is 3.13. The minimum absolute atomic E-state index is 0.0817. The molecule has 0 bridgehead atoms. The third-order valence-corrected chi connectivity index (χ3v) is 3.98. The van der Waals surface area contributed by atoms with Crippen LogP contribution in [0.15, 0.2) is 41.1 Å². The Kier molecular flexibility index (Phi) is 4.25. The van der Waals surface area contributed by atoms with E-state index in [1.165, 1.54) is 25.6 Å². The minimum atomic E-state index is -1.26. The fraction of sp³-hybridized carbons (Fsp3) is 0.0667. The summed E-state index contributed by atoms with van der Waals surface area (Å²) in [5.74, 6) is 0.334. The number of methoxy groups -OCH3 is 1. The number of amides is 1. The zero-order chi connectivity index (χ0) is 17.1. The lowest BCUT2D eigenvalue weighted by atomic mass is 10.1. The van der Waals surface area contributed by atoms with Crippen LogP contribution < -0.4 is 10.1 Å². The van der Waals surface area contributed by atoms with E-state index in [1.807, 2.05) is 0 Å². The van der Waals surface area contributed by atoms with Gasteiger partial charge >= 0.3 is 6.09 Å². The third-order valence-electron chi connectivity index (χ3n) is 3.01. The second kappa shape index (κ2) is 6.50. The first-order valence-corrected chi connectivity index (χ1v) is 7.49. The number of ketones is 1. The van der Waals surface area contributed by atoms with E-state index < -0.39 is 6.09 Å². The molecule has 3 aromatic heterocycles. The molecule has 8 nitrogen and oxygen atoms in total. The SMILES string of the molecule is COc1cc(C(=O)c2sc(NC(=O)O)nc2-c2ccco2)ccn1. The van der Waals surface area contributed by atoms with Crippen molar-refractivity contribution in [2.75, 3.05) is 12.4 Å². The van der Waals surface area contributed by atoms with E-state index in [1.54, 1.807) is 18.2 Å². The Labute approximate surface area is 139 Å². The van der Waals surface area contributed by atoms with Crippen LogP contribution in [0.1, 0.15) is 15.2 Å². The van der Waals surface area contributed by atoms with Gasteiger partial charge in [-0.05, 0) is 18.2 Å². The highest BCUT2D eigenvalue weighted by atomic mass is 32.1. The Hall–Kier alpha value is -3.20. The first kappa shape index (κ1) is 15.7. The molecule has 0 saturated heterocycles. The highest BCUT2D eigenvalue weighted by Crippen LogP contribution is 2.33. The maximum absolute atomic E-state index is 12.8. The van der Waals surface area contributed by atoms with Crippen molar-refractivity contribution in [1.82, 2.24) is 9.97 Å². The maximum atomic E-state index is 12.8. The molecule has 0 radical (unpaired) electrons. The Morgan fingerprint density at radius 3 is 2.88 bits per heavy atom. The molecular weight excluding hydrogens is 334 g/mol. The normalized spacial score (nSPS) is 10.4. The number of pyridine rings is 1. The molecule has 3 rings (SSSR count). The minimum Gasteiger partial charge on any atom is -0.481 e. The van der Waals surface area contributed by atoms with Crippen LogP contribution in [0.3, 0.4) is 0 Å². The molecule has 0 aliphatic rings. The van der Waals surface area contributed by atoms with Gasteiger partial charge in [0.2, 0.25) is 11.7 Å². The molecule has 0 saturated carbocycles. The smallest absolute Gasteiger partial charge is 0.410 e. The summed E-state index contributed by atoms with van der Waals surface area (Å²) >= 11 is 0.929. The topological polar surface area (TPSA) is 115 Å². The summed E-state index contributed by atoms with van der Waals surface area (Å²) in [4.78, 5) is 32.0. The molecule has 0 atom stereocenters. The molecule has 0 aliphatic carbocycles. The van der Waals surface area contributed by atoms with Gasteiger partial charge in [-0.2, -0.15) is 0 Å². The zero-order valence-electron chi connectivity index (χ0n) is 12.3. The van der Waals surface area contributed by atoms with Crippen LogP contribution >= 0.6 is 11.3 Å². The number of rotatable bonds is 5. The Morgan fingerprint density at radius 1 is 1.38 bits per heavy atom. The van der Waals surface area contributed by atoms with Crippen LogP contribution in [0.4, 0.5) is 9.93 Å². The van der Waals surface area contributed by atoms with Crippen molar-refractivity contribution in [1.29, 1.82) is 0 Å². The van der Waals surface area contributed by atoms with Gasteiger partial charge < -0.3 is 14.3 Å². The van der Waals surface area contributed by atoms with Crippen molar-refractivity contribution >= 4 is 28.3 Å². The highest BCUT2D eigenvalue weighted by molar-refractivity contribution is 7.18. The number of thiazole rings is 1. The van der Waals surface area contributed by atoms with Crippen LogP contribution in [0.25, 0.3) is 11.5 Å². The van der Waals surface area contributed by atoms with Crippen molar-refractivity contribution in [3.05, 3.63) is 47.2 Å². The Bertz CT molecular complexity index is 888. The van der Waals surface area contributed by atoms with Gasteiger partial charge in [0.05, 0.1) is 13.4 Å². The van der Waals surface area contributed by atoms with E-state index in [-0.39, 0.29) is 21.5 Å². The summed E-state index contributed by atoms with van der Waals surface area (Å²) < 4.78 is 10.3. The van der Waals surface area contributed by atoms with Crippen molar-refractivity contribution in [3.63, 3.8) is 0 Å². The summed E-state index contributed by atoms with van der Waals surface area (Å²) in [5.41, 5.74) is 0.620. The first-order valence-electron chi connectivity index (χ1n) is 6.68. The molecule has 3 heterocycles. The number of hydrogen-bond donors (Lipinski definition) is 2. The zero-order valence-corrected chi connectivity index (χ0v) is 13.2. The van der Waals surface area contributed by atoms with E-state index >= 15 is 0 Å². The van der Waals surface area contributed by atoms with Gasteiger partial charge in [-0.3, -0.25) is 10.1 Å². The highest BCUT2D eigenvalue weighted by Gasteiger charge is 2.23. The van der Waals surface area contributed by atoms with E-state index in [0.717, 1.165) is 11.3 Å². The third kappa shape index (κ3) is 3.10. The molecule has 0 fully saturated rings. The van der Waals surface area contributed by atoms with Crippen LogP contribution in [0, 0.1) is 0 Å². The van der Waals surface area contributed by atoms with Gasteiger partial charge in [-0.15, -0.1) is 0 Å². The predicted molar refractivity (Wildman–Crippen MR) is 85.7 cm³/mol. The van der Waals surface area contributed by atoms with E-state index in [0.29, 0.717) is 17.2 Å². The van der Waals surface area contributed by atoms with Crippen molar-refractivity contribution in [2.45, 2.75) is 0 Å². The van der Waals surface area contributed by atoms with Crippen molar-refractivity contribution in [2.24, 2.45) is 0 Å². The van der Waals surface area contributed by atoms with Gasteiger partial charge in [0, 0.05) is 17.8 Å². The lowest BCUT2D eigenvalue weighted by Crippen LogP contribution is -2.06. The molecule has 3 aromatic rings. The van der Waals surface area contributed by atoms with Gasteiger partial charge in [-0.25, -0.2) is 14.8 Å². The molecule has 0 aromatic carbocycles. The summed E-state index contributed by atoms with van der Waals surface area (Å²) in [6, 6.07) is 6.34. The molecule has 122 valence electrons. The molecule has 0 unspecified atom stereocenters. The number of carboxylic acid groups (broad SMARTS) is 1. The number of nitrogens with one attached hydrogen (secondary N) is 1. The lowest BCUT2D eigenvalue weighted by molar-refractivity contribution is 0.104. The number of anilines is 1. The second-order valence-electron chi connectivity index (χ2n) is 4.52. The van der Waals surface area contributed by atoms with E-state index in [4.69, 9.17) is 14.3 Å². The number of nitrogens with zero attached hydrogens (tertiary/aromatic N) is 2. The summed E-state index contributed by atoms with van der Waals surface area (Å²) in [5, 5.41) is 11.1. The molecule has 2 N–H and O–H groups in total. The summed E-state index contributed by atoms with van der Waals surface area (Å²) in [6.45, 7) is 0. The van der Waals surface area contributed by atoms with Gasteiger partial charge in [0.1, 0.15) is 10.6 Å². The maximum Gasteiger partial charge on any atom is 0.410 e. The number of hydrogen-bond acceptors (Lipinski definition) is 7. The number of carbonyl (C=O) groups is 2. The van der Waals surface area contributed by atoms with Gasteiger partial charge in [0.15, 0.2) is 10.9 Å². The fourth-order valence-electron chi connectivity index (χ4n) is 1.99. The van der Waals surface area contributed by atoms with Crippen molar-refractivity contribution in [3.8, 4) is 17.3 Å². The van der Waals surface area contributed by atoms with Crippen LogP contribution in [0.5, 0.6) is 5.88 Å². The number of ether oxygens (including phenoxy) is 1. The second-order valence-corrected chi connectivity index (χ2v) is 5.52. The molecule has 1 amide bonds. The van der Waals surface area contributed by atoms with Crippen molar-refractivity contribution < 1.29 is 23.8 Å². The summed E-state index contributed by atoms with van der Waals surface area (Å²) in [7, 11) is 1.45. The van der Waals surface area contributed by atoms with Gasteiger partial charge in [0.25, 0.3) is 0 Å². The molecule has 24 heavy (non-hydrogen) atoms. The number of furan rings is 1. The average molecular weight is 345 g/mol. The van der Waals surface area contributed by atoms with E-state index in [9.17, 15) is 9.59 Å². The lowest BCUT2D eigenvalue weighted by Gasteiger charge is -2.02. The van der Waals surface area contributed by atoms with E-state index in [2.05, 4.69) is 15.3 Å². The Morgan fingerprint density at radius 2 is 2.21 bits per heavy atom. The molecular formula is C15H11N3O5S. The van der Waals surface area contributed by atoms with Gasteiger partial charge in [-0.1, -0.05) is 11.3 Å². The monoisotopic (exact) mass is 345 g/mol. The number of carbonyl (C=O) groups excluding carboxylic acids is 1. The van der Waals surface area contributed by atoms with Crippen LogP contribution in [0.2, 0.25) is 0 Å². The van der Waals surface area contributed by atoms with Crippen LogP contribution in [-0.2, 0) is 0 Å². The quantitative estimate of drug-likeness (QED) is 0.683. The summed E-state index contributed by atoms with van der Waals surface area (Å²) in [6.07, 6.45) is 1.64. The average Bonchev–Trinajstić information content (AvgIpc) is 3.23.